The first kappa shape index (κ1) is 15.8. The zero-order valence-corrected chi connectivity index (χ0v) is 14.0. The number of aromatic amines is 1. The Morgan fingerprint density at radius 2 is 2.08 bits per heavy atom. The first-order chi connectivity index (χ1) is 12.3. The van der Waals surface area contributed by atoms with Crippen molar-refractivity contribution in [1.29, 1.82) is 0 Å². The predicted octanol–water partition coefficient (Wildman–Crippen LogP) is 3.04. The van der Waals surface area contributed by atoms with Crippen LogP contribution in [0.2, 0.25) is 0 Å². The van der Waals surface area contributed by atoms with Crippen LogP contribution in [0.15, 0.2) is 54.7 Å². The normalized spacial score (nSPS) is 17.0. The molecule has 3 aromatic rings. The largest absolute Gasteiger partial charge is 0.379 e. The molecule has 25 heavy (non-hydrogen) atoms. The van der Waals surface area contributed by atoms with Gasteiger partial charge in [0.25, 0.3) is 5.91 Å². The average molecular weight is 335 g/mol. The van der Waals surface area contributed by atoms with Crippen LogP contribution in [0, 0.1) is 0 Å². The lowest BCUT2D eigenvalue weighted by atomic mass is 10.1. The Balaban J connectivity index is 1.60. The molecule has 1 amide bonds. The summed E-state index contributed by atoms with van der Waals surface area (Å²) in [4.78, 5) is 15.3. The second-order valence-electron chi connectivity index (χ2n) is 6.39. The number of ether oxygens (including phenoxy) is 1. The minimum atomic E-state index is 0.0429. The summed E-state index contributed by atoms with van der Waals surface area (Å²) < 4.78 is 5.53. The van der Waals surface area contributed by atoms with Crippen LogP contribution in [0.4, 0.5) is 0 Å². The topological polar surface area (TPSA) is 58.2 Å². The minimum absolute atomic E-state index is 0.0429. The van der Waals surface area contributed by atoms with E-state index in [1.165, 1.54) is 5.56 Å². The smallest absolute Gasteiger partial charge is 0.256 e. The van der Waals surface area contributed by atoms with Crippen LogP contribution in [0.25, 0.3) is 10.9 Å². The number of para-hydroxylation sites is 1. The maximum Gasteiger partial charge on any atom is 0.256 e. The number of benzene rings is 2. The second kappa shape index (κ2) is 7.07. The van der Waals surface area contributed by atoms with Gasteiger partial charge in [-0.3, -0.25) is 9.89 Å². The molecule has 1 N–H and O–H groups in total. The highest BCUT2D eigenvalue weighted by Crippen LogP contribution is 2.21. The molecule has 1 saturated heterocycles. The van der Waals surface area contributed by atoms with Gasteiger partial charge in [-0.05, 0) is 24.5 Å². The third kappa shape index (κ3) is 3.28. The van der Waals surface area contributed by atoms with Crippen molar-refractivity contribution >= 4 is 16.8 Å². The highest BCUT2D eigenvalue weighted by Gasteiger charge is 2.29. The minimum Gasteiger partial charge on any atom is -0.379 e. The third-order valence-electron chi connectivity index (χ3n) is 4.80. The molecule has 128 valence electrons. The molecule has 0 bridgehead atoms. The summed E-state index contributed by atoms with van der Waals surface area (Å²) in [5.41, 5.74) is 2.71. The van der Waals surface area contributed by atoms with Gasteiger partial charge in [-0.2, -0.15) is 5.10 Å². The number of H-pyrrole nitrogens is 1. The molecule has 1 unspecified atom stereocenters. The average Bonchev–Trinajstić information content (AvgIpc) is 3.34. The number of fused-ring (bicyclic) bond motifs is 1. The Labute approximate surface area is 146 Å². The number of hydrogen-bond acceptors (Lipinski definition) is 3. The molecule has 1 aromatic heterocycles. The summed E-state index contributed by atoms with van der Waals surface area (Å²) in [7, 11) is 0. The quantitative estimate of drug-likeness (QED) is 0.780. The molecule has 2 heterocycles. The van der Waals surface area contributed by atoms with Crippen LogP contribution < -0.4 is 0 Å². The molecule has 0 spiro atoms. The monoisotopic (exact) mass is 335 g/mol. The summed E-state index contributed by atoms with van der Waals surface area (Å²) in [5.74, 6) is 0.0429. The van der Waals surface area contributed by atoms with Crippen molar-refractivity contribution in [2.45, 2.75) is 18.9 Å². The van der Waals surface area contributed by atoms with Gasteiger partial charge < -0.3 is 9.64 Å². The van der Waals surface area contributed by atoms with Gasteiger partial charge in [-0.25, -0.2) is 0 Å². The third-order valence-corrected chi connectivity index (χ3v) is 4.80. The van der Waals surface area contributed by atoms with Crippen molar-refractivity contribution < 1.29 is 9.53 Å². The fourth-order valence-corrected chi connectivity index (χ4v) is 3.41. The molecule has 5 nitrogen and oxygen atoms in total. The number of rotatable bonds is 5. The van der Waals surface area contributed by atoms with E-state index in [0.717, 1.165) is 23.7 Å². The van der Waals surface area contributed by atoms with E-state index in [2.05, 4.69) is 22.3 Å². The van der Waals surface area contributed by atoms with Crippen molar-refractivity contribution in [2.24, 2.45) is 0 Å². The number of carbonyl (C=O) groups is 1. The van der Waals surface area contributed by atoms with Crippen LogP contribution in [0.3, 0.4) is 0 Å². The molecule has 5 heteroatoms. The number of carbonyl (C=O) groups excluding carboxylic acids is 1. The molecule has 2 aromatic carbocycles. The summed E-state index contributed by atoms with van der Waals surface area (Å²) in [6.07, 6.45) is 3.47. The summed E-state index contributed by atoms with van der Waals surface area (Å²) in [5, 5.41) is 7.99. The van der Waals surface area contributed by atoms with Gasteiger partial charge in [0.1, 0.15) is 0 Å². The van der Waals surface area contributed by atoms with E-state index in [9.17, 15) is 4.79 Å². The van der Waals surface area contributed by atoms with Gasteiger partial charge >= 0.3 is 0 Å². The van der Waals surface area contributed by atoms with Crippen LogP contribution in [-0.4, -0.2) is 46.8 Å². The lowest BCUT2D eigenvalue weighted by molar-refractivity contribution is 0.0658. The first-order valence-corrected chi connectivity index (χ1v) is 8.67. The van der Waals surface area contributed by atoms with E-state index in [4.69, 9.17) is 4.74 Å². The zero-order chi connectivity index (χ0) is 17.1. The van der Waals surface area contributed by atoms with Gasteiger partial charge in [0.05, 0.1) is 29.9 Å². The van der Waals surface area contributed by atoms with E-state index >= 15 is 0 Å². The number of nitrogens with zero attached hydrogens (tertiary/aromatic N) is 2. The Bertz CT molecular complexity index is 854. The number of amides is 1. The number of nitrogens with one attached hydrogen (secondary N) is 1. The van der Waals surface area contributed by atoms with Crippen LogP contribution >= 0.6 is 0 Å². The molecule has 1 fully saturated rings. The molecule has 1 aliphatic rings. The fraction of sp³-hybridized carbons (Fsp3) is 0.300. The van der Waals surface area contributed by atoms with Gasteiger partial charge in [0, 0.05) is 18.5 Å². The van der Waals surface area contributed by atoms with Crippen LogP contribution in [0.1, 0.15) is 22.3 Å². The SMILES string of the molecule is O=C(c1cccc2cn[nH]c12)N(CCc1ccccc1)C1CCOC1. The standard InChI is InChI=1S/C20H21N3O2/c24-20(18-8-4-7-16-13-21-22-19(16)18)23(17-10-12-25-14-17)11-9-15-5-2-1-3-6-15/h1-8,13,17H,9-12,14H2,(H,21,22). The van der Waals surface area contributed by atoms with Gasteiger partial charge in [0.2, 0.25) is 0 Å². The van der Waals surface area contributed by atoms with Crippen LogP contribution in [0.5, 0.6) is 0 Å². The summed E-state index contributed by atoms with van der Waals surface area (Å²) in [6, 6.07) is 16.1. The first-order valence-electron chi connectivity index (χ1n) is 8.67. The highest BCUT2D eigenvalue weighted by molar-refractivity contribution is 6.05. The Hall–Kier alpha value is -2.66. The molecular weight excluding hydrogens is 314 g/mol. The van der Waals surface area contributed by atoms with E-state index in [1.807, 2.05) is 41.3 Å². The van der Waals surface area contributed by atoms with E-state index in [-0.39, 0.29) is 11.9 Å². The highest BCUT2D eigenvalue weighted by atomic mass is 16.5. The number of aromatic nitrogens is 2. The second-order valence-corrected chi connectivity index (χ2v) is 6.39. The lowest BCUT2D eigenvalue weighted by Crippen LogP contribution is -2.42. The van der Waals surface area contributed by atoms with Gasteiger partial charge in [0.15, 0.2) is 0 Å². The van der Waals surface area contributed by atoms with Crippen molar-refractivity contribution in [3.8, 4) is 0 Å². The predicted molar refractivity (Wildman–Crippen MR) is 96.5 cm³/mol. The lowest BCUT2D eigenvalue weighted by Gasteiger charge is -2.28. The molecule has 0 radical (unpaired) electrons. The molecule has 1 atom stereocenters. The molecular formula is C20H21N3O2. The van der Waals surface area contributed by atoms with E-state index < -0.39 is 0 Å². The van der Waals surface area contributed by atoms with Gasteiger partial charge in [-0.1, -0.05) is 42.5 Å². The van der Waals surface area contributed by atoms with Crippen molar-refractivity contribution in [3.63, 3.8) is 0 Å². The van der Waals surface area contributed by atoms with Crippen molar-refractivity contribution in [3.05, 3.63) is 65.9 Å². The van der Waals surface area contributed by atoms with E-state index in [1.54, 1.807) is 6.20 Å². The Morgan fingerprint density at radius 1 is 1.20 bits per heavy atom. The Morgan fingerprint density at radius 3 is 2.88 bits per heavy atom. The van der Waals surface area contributed by atoms with Crippen LogP contribution in [-0.2, 0) is 11.2 Å². The van der Waals surface area contributed by atoms with Crippen molar-refractivity contribution in [1.82, 2.24) is 15.1 Å². The van der Waals surface area contributed by atoms with E-state index in [0.29, 0.717) is 25.3 Å². The Kier molecular flexibility index (Phi) is 4.48. The summed E-state index contributed by atoms with van der Waals surface area (Å²) >= 11 is 0. The molecule has 4 rings (SSSR count). The molecule has 0 aliphatic carbocycles. The fourth-order valence-electron chi connectivity index (χ4n) is 3.41. The number of hydrogen-bond donors (Lipinski definition) is 1. The maximum atomic E-state index is 13.3. The van der Waals surface area contributed by atoms with Crippen molar-refractivity contribution in [2.75, 3.05) is 19.8 Å². The molecule has 1 aliphatic heterocycles. The zero-order valence-electron chi connectivity index (χ0n) is 14.0. The van der Waals surface area contributed by atoms with Gasteiger partial charge in [-0.15, -0.1) is 0 Å². The maximum absolute atomic E-state index is 13.3. The summed E-state index contributed by atoms with van der Waals surface area (Å²) in [6.45, 7) is 2.01. The molecule has 0 saturated carbocycles.